The molecule has 1 atom stereocenters. The summed E-state index contributed by atoms with van der Waals surface area (Å²) in [5.74, 6) is -0.000841. The maximum atomic E-state index is 13.3. The first-order chi connectivity index (χ1) is 20.4. The van der Waals surface area contributed by atoms with Crippen molar-refractivity contribution in [2.45, 2.75) is 63.8 Å². The van der Waals surface area contributed by atoms with E-state index in [1.807, 2.05) is 54.7 Å². The van der Waals surface area contributed by atoms with Gasteiger partial charge in [-0.2, -0.15) is 0 Å². The van der Waals surface area contributed by atoms with Crippen LogP contribution in [0.15, 0.2) is 79.0 Å². The maximum Gasteiger partial charge on any atom is 0.329 e. The van der Waals surface area contributed by atoms with E-state index >= 15 is 0 Å². The summed E-state index contributed by atoms with van der Waals surface area (Å²) in [6, 6.07) is 20.9. The molecule has 5 rings (SSSR count). The van der Waals surface area contributed by atoms with Gasteiger partial charge in [-0.05, 0) is 79.0 Å². The molecule has 1 aliphatic carbocycles. The Labute approximate surface area is 251 Å². The topological polar surface area (TPSA) is 88.3 Å². The predicted octanol–water partition coefficient (Wildman–Crippen LogP) is 7.66. The van der Waals surface area contributed by atoms with Gasteiger partial charge in [-0.3, -0.25) is 9.59 Å². The summed E-state index contributed by atoms with van der Waals surface area (Å²) in [4.78, 5) is 42.4. The number of para-hydroxylation sites is 1. The number of fused-ring (bicyclic) bond motifs is 1. The van der Waals surface area contributed by atoms with Crippen LogP contribution in [0.3, 0.4) is 0 Å². The monoisotopic (exact) mass is 584 g/mol. The Morgan fingerprint density at radius 1 is 0.929 bits per heavy atom. The molecule has 1 saturated carbocycles. The second kappa shape index (κ2) is 13.8. The minimum atomic E-state index is -0.995. The van der Waals surface area contributed by atoms with Gasteiger partial charge >= 0.3 is 5.97 Å². The molecular formula is C35H37ClN2O4. The van der Waals surface area contributed by atoms with Crippen molar-refractivity contribution in [1.82, 2.24) is 10.3 Å². The summed E-state index contributed by atoms with van der Waals surface area (Å²) in [5.41, 5.74) is 3.92. The first-order valence-corrected chi connectivity index (χ1v) is 15.2. The van der Waals surface area contributed by atoms with E-state index in [1.165, 1.54) is 44.1 Å². The van der Waals surface area contributed by atoms with E-state index in [-0.39, 0.29) is 12.2 Å². The van der Waals surface area contributed by atoms with Crippen LogP contribution in [0.2, 0.25) is 5.02 Å². The molecule has 1 aliphatic rings. The highest BCUT2D eigenvalue weighted by Gasteiger charge is 2.26. The summed E-state index contributed by atoms with van der Waals surface area (Å²) in [7, 11) is 0. The first kappa shape index (κ1) is 29.6. The summed E-state index contributed by atoms with van der Waals surface area (Å²) < 4.78 is 5.48. The smallest absolute Gasteiger partial charge is 0.329 e. The quantitative estimate of drug-likeness (QED) is 0.140. The number of benzene rings is 3. The lowest BCUT2D eigenvalue weighted by atomic mass is 9.77. The van der Waals surface area contributed by atoms with Gasteiger partial charge in [0.25, 0.3) is 5.91 Å². The van der Waals surface area contributed by atoms with E-state index in [9.17, 15) is 14.4 Å². The number of hydrogen-bond acceptors (Lipinski definition) is 4. The van der Waals surface area contributed by atoms with E-state index in [1.54, 1.807) is 24.3 Å². The van der Waals surface area contributed by atoms with Crippen molar-refractivity contribution in [1.29, 1.82) is 0 Å². The van der Waals surface area contributed by atoms with Gasteiger partial charge < -0.3 is 15.0 Å². The number of nitrogens with one attached hydrogen (secondary N) is 2. The van der Waals surface area contributed by atoms with Crippen molar-refractivity contribution >= 4 is 40.2 Å². The van der Waals surface area contributed by atoms with Crippen LogP contribution >= 0.6 is 11.6 Å². The third-order valence-electron chi connectivity index (χ3n) is 8.39. The van der Waals surface area contributed by atoms with Crippen LogP contribution in [0, 0.1) is 5.92 Å². The molecule has 4 aromatic rings. The van der Waals surface area contributed by atoms with Gasteiger partial charge in [0.15, 0.2) is 12.4 Å². The zero-order valence-electron chi connectivity index (χ0n) is 23.9. The summed E-state index contributed by atoms with van der Waals surface area (Å²) >= 11 is 5.97. The molecule has 1 amide bonds. The van der Waals surface area contributed by atoms with E-state index in [0.717, 1.165) is 22.4 Å². The van der Waals surface area contributed by atoms with Crippen molar-refractivity contribution < 1.29 is 19.1 Å². The molecule has 0 saturated heterocycles. The van der Waals surface area contributed by atoms with Crippen molar-refractivity contribution in [3.05, 3.63) is 106 Å². The Kier molecular flexibility index (Phi) is 9.75. The highest BCUT2D eigenvalue weighted by atomic mass is 35.5. The lowest BCUT2D eigenvalue weighted by molar-refractivity contribution is -0.144. The number of halogens is 1. The molecule has 0 spiro atoms. The van der Waals surface area contributed by atoms with Crippen molar-refractivity contribution in [2.24, 2.45) is 5.92 Å². The molecule has 2 N–H and O–H groups in total. The van der Waals surface area contributed by atoms with Crippen molar-refractivity contribution in [3.8, 4) is 0 Å². The fourth-order valence-corrected chi connectivity index (χ4v) is 6.14. The number of amides is 1. The van der Waals surface area contributed by atoms with Crippen LogP contribution in [-0.4, -0.2) is 35.3 Å². The number of Topliss-reactive ketones (excluding diaryl/α,β-unsaturated/α-hetero) is 1. The number of hydrogen-bond donors (Lipinski definition) is 2. The average Bonchev–Trinajstić information content (AvgIpc) is 3.43. The highest BCUT2D eigenvalue weighted by Crippen LogP contribution is 2.37. The number of aromatic amines is 1. The van der Waals surface area contributed by atoms with E-state index < -0.39 is 24.5 Å². The second-order valence-electron chi connectivity index (χ2n) is 11.3. The minimum Gasteiger partial charge on any atom is -0.456 e. The van der Waals surface area contributed by atoms with Crippen LogP contribution in [0.5, 0.6) is 0 Å². The third-order valence-corrected chi connectivity index (χ3v) is 8.64. The molecule has 1 fully saturated rings. The Bertz CT molecular complexity index is 1520. The van der Waals surface area contributed by atoms with Gasteiger partial charge in [-0.1, -0.05) is 73.8 Å². The maximum absolute atomic E-state index is 13.3. The van der Waals surface area contributed by atoms with Crippen LogP contribution in [-0.2, 0) is 16.0 Å². The molecule has 0 unspecified atom stereocenters. The molecule has 42 heavy (non-hydrogen) atoms. The molecule has 3 aromatic carbocycles. The molecule has 0 bridgehead atoms. The van der Waals surface area contributed by atoms with Crippen LogP contribution in [0.1, 0.15) is 83.2 Å². The first-order valence-electron chi connectivity index (χ1n) is 14.8. The number of aromatic nitrogens is 1. The molecule has 1 heterocycles. The predicted molar refractivity (Wildman–Crippen MR) is 166 cm³/mol. The highest BCUT2D eigenvalue weighted by molar-refractivity contribution is 6.30. The Morgan fingerprint density at radius 2 is 1.62 bits per heavy atom. The number of H-pyrrole nitrogens is 1. The zero-order valence-corrected chi connectivity index (χ0v) is 24.7. The number of esters is 1. The second-order valence-corrected chi connectivity index (χ2v) is 11.7. The minimum absolute atomic E-state index is 0.200. The van der Waals surface area contributed by atoms with E-state index in [0.29, 0.717) is 22.1 Å². The summed E-state index contributed by atoms with van der Waals surface area (Å²) in [5, 5.41) is 4.25. The number of ether oxygens (including phenoxy) is 1. The van der Waals surface area contributed by atoms with Gasteiger partial charge in [-0.15, -0.1) is 0 Å². The largest absolute Gasteiger partial charge is 0.456 e. The molecule has 1 aromatic heterocycles. The van der Waals surface area contributed by atoms with Crippen LogP contribution in [0.25, 0.3) is 10.9 Å². The number of carbonyl (C=O) groups excluding carboxylic acids is 3. The molecule has 7 heteroatoms. The normalized spacial score (nSPS) is 17.5. The molecule has 6 nitrogen and oxygen atoms in total. The summed E-state index contributed by atoms with van der Waals surface area (Å²) in [6.07, 6.45) is 9.49. The summed E-state index contributed by atoms with van der Waals surface area (Å²) in [6.45, 7) is 1.85. The SMILES string of the molecule is CCCC1CCC(c2ccc(C(=O)COC(=O)[C@H](Cc3c[nH]c4ccccc34)NC(=O)c3ccc(Cl)cc3)cc2)CC1. The van der Waals surface area contributed by atoms with Gasteiger partial charge in [-0.25, -0.2) is 4.79 Å². The van der Waals surface area contributed by atoms with Crippen molar-refractivity contribution in [3.63, 3.8) is 0 Å². The Hall–Kier alpha value is -3.90. The fourth-order valence-electron chi connectivity index (χ4n) is 6.01. The van der Waals surface area contributed by atoms with Crippen LogP contribution < -0.4 is 5.32 Å². The lowest BCUT2D eigenvalue weighted by Crippen LogP contribution is -2.43. The average molecular weight is 585 g/mol. The third kappa shape index (κ3) is 7.29. The lowest BCUT2D eigenvalue weighted by Gasteiger charge is -2.28. The van der Waals surface area contributed by atoms with Crippen LogP contribution in [0.4, 0.5) is 0 Å². The van der Waals surface area contributed by atoms with Gasteiger partial charge in [0.2, 0.25) is 0 Å². The molecule has 0 aliphatic heterocycles. The van der Waals surface area contributed by atoms with E-state index in [2.05, 4.69) is 17.2 Å². The molecular weight excluding hydrogens is 548 g/mol. The molecule has 0 radical (unpaired) electrons. The standard InChI is InChI=1S/C35H37ClN2O4/c1-2-5-23-8-10-24(11-9-23)25-12-14-26(15-13-25)33(39)22-42-35(41)32(38-34(40)27-16-18-29(36)19-17-27)20-28-21-37-31-7-4-3-6-30(28)31/h3-4,6-7,12-19,21,23-24,32,37H,2,5,8-11,20,22H2,1H3,(H,38,40)/t23?,24?,32-/m0/s1. The van der Waals surface area contributed by atoms with Gasteiger partial charge in [0.05, 0.1) is 0 Å². The van der Waals surface area contributed by atoms with Gasteiger partial charge in [0, 0.05) is 39.7 Å². The zero-order chi connectivity index (χ0) is 29.5. The number of carbonyl (C=O) groups is 3. The number of ketones is 1. The fraction of sp³-hybridized carbons (Fsp3) is 0.343. The van der Waals surface area contributed by atoms with E-state index in [4.69, 9.17) is 16.3 Å². The van der Waals surface area contributed by atoms with Crippen molar-refractivity contribution in [2.75, 3.05) is 6.61 Å². The number of rotatable bonds is 11. The Balaban J connectivity index is 1.23. The van der Waals surface area contributed by atoms with Gasteiger partial charge in [0.1, 0.15) is 6.04 Å². The Morgan fingerprint density at radius 3 is 2.33 bits per heavy atom. The molecule has 218 valence electrons.